The Hall–Kier alpha value is -1.85. The number of aryl methyl sites for hydroxylation is 2. The molecule has 0 saturated carbocycles. The van der Waals surface area contributed by atoms with E-state index in [9.17, 15) is 4.79 Å². The lowest BCUT2D eigenvalue weighted by molar-refractivity contribution is 0.773. The molecule has 0 unspecified atom stereocenters. The average Bonchev–Trinajstić information content (AvgIpc) is 2.42. The Morgan fingerprint density at radius 3 is 2.92 bits per heavy atom. The summed E-state index contributed by atoms with van der Waals surface area (Å²) in [5.41, 5.74) is 0.169. The molecule has 13 heavy (non-hydrogen) atoms. The maximum atomic E-state index is 11.5. The summed E-state index contributed by atoms with van der Waals surface area (Å²) in [6.45, 7) is 1.66. The van der Waals surface area contributed by atoms with Crippen LogP contribution in [0.15, 0.2) is 11.0 Å². The predicted octanol–water partition coefficient (Wildman–Crippen LogP) is -0.848. The van der Waals surface area contributed by atoms with Crippen molar-refractivity contribution in [2.75, 3.05) is 5.84 Å². The second-order valence-electron chi connectivity index (χ2n) is 2.87. The molecule has 68 valence electrons. The number of aromatic nitrogens is 4. The van der Waals surface area contributed by atoms with Gasteiger partial charge in [0.2, 0.25) is 0 Å². The molecule has 0 aliphatic heterocycles. The first-order valence-corrected chi connectivity index (χ1v) is 3.77. The Labute approximate surface area is 73.6 Å². The van der Waals surface area contributed by atoms with Crippen LogP contribution in [0.2, 0.25) is 0 Å². The lowest BCUT2D eigenvalue weighted by atomic mass is 10.4. The molecule has 0 amide bonds. The van der Waals surface area contributed by atoms with E-state index in [2.05, 4.69) is 10.1 Å². The van der Waals surface area contributed by atoms with E-state index in [-0.39, 0.29) is 5.56 Å². The first-order chi connectivity index (χ1) is 6.09. The van der Waals surface area contributed by atoms with Crippen molar-refractivity contribution in [1.82, 2.24) is 19.4 Å². The highest BCUT2D eigenvalue weighted by molar-refractivity contribution is 5.72. The normalized spacial score (nSPS) is 10.9. The summed E-state index contributed by atoms with van der Waals surface area (Å²) in [5, 5.41) is 4.45. The number of rotatable bonds is 0. The summed E-state index contributed by atoms with van der Waals surface area (Å²) < 4.78 is 2.56. The molecule has 2 heterocycles. The first-order valence-electron chi connectivity index (χ1n) is 3.77. The monoisotopic (exact) mass is 179 g/mol. The highest BCUT2D eigenvalue weighted by atomic mass is 16.1. The van der Waals surface area contributed by atoms with E-state index in [0.717, 1.165) is 4.68 Å². The van der Waals surface area contributed by atoms with Gasteiger partial charge in [-0.05, 0) is 6.92 Å². The maximum Gasteiger partial charge on any atom is 0.283 e. The van der Waals surface area contributed by atoms with Gasteiger partial charge in [-0.1, -0.05) is 0 Å². The number of nitrogens with two attached hydrogens (primary N) is 1. The van der Waals surface area contributed by atoms with E-state index < -0.39 is 0 Å². The second kappa shape index (κ2) is 2.32. The third-order valence-corrected chi connectivity index (χ3v) is 1.87. The molecule has 0 spiro atoms. The van der Waals surface area contributed by atoms with Gasteiger partial charge in [-0.25, -0.2) is 9.66 Å². The molecule has 2 rings (SSSR count). The zero-order chi connectivity index (χ0) is 9.59. The van der Waals surface area contributed by atoms with Crippen LogP contribution in [0, 0.1) is 6.92 Å². The lowest BCUT2D eigenvalue weighted by Crippen LogP contribution is -2.29. The standard InChI is InChI=1S/C7H9N5O/c1-4-9-6-5(3-11(2)10-6)7(13)12(4)8/h3H,8H2,1-2H3. The second-order valence-corrected chi connectivity index (χ2v) is 2.87. The Morgan fingerprint density at radius 2 is 2.23 bits per heavy atom. The van der Waals surface area contributed by atoms with Crippen molar-refractivity contribution < 1.29 is 0 Å². The maximum absolute atomic E-state index is 11.5. The van der Waals surface area contributed by atoms with Crippen LogP contribution in [0.25, 0.3) is 11.0 Å². The SMILES string of the molecule is Cc1nc2nn(C)cc2c(=O)n1N. The minimum absolute atomic E-state index is 0.268. The number of fused-ring (bicyclic) bond motifs is 1. The molecule has 0 bridgehead atoms. The number of nitrogens with zero attached hydrogens (tertiary/aromatic N) is 4. The van der Waals surface area contributed by atoms with Gasteiger partial charge >= 0.3 is 0 Å². The van der Waals surface area contributed by atoms with Gasteiger partial charge in [0, 0.05) is 13.2 Å². The van der Waals surface area contributed by atoms with Crippen molar-refractivity contribution in [3.63, 3.8) is 0 Å². The molecule has 2 aromatic rings. The van der Waals surface area contributed by atoms with Gasteiger partial charge < -0.3 is 5.84 Å². The van der Waals surface area contributed by atoms with Gasteiger partial charge in [0.25, 0.3) is 5.56 Å². The summed E-state index contributed by atoms with van der Waals surface area (Å²) in [6, 6.07) is 0. The van der Waals surface area contributed by atoms with Gasteiger partial charge in [-0.3, -0.25) is 9.48 Å². The van der Waals surface area contributed by atoms with Gasteiger partial charge in [0.05, 0.1) is 0 Å². The van der Waals surface area contributed by atoms with Crippen molar-refractivity contribution in [2.45, 2.75) is 6.92 Å². The fraction of sp³-hybridized carbons (Fsp3) is 0.286. The third-order valence-electron chi connectivity index (χ3n) is 1.87. The average molecular weight is 179 g/mol. The molecule has 0 saturated heterocycles. The molecule has 0 aromatic carbocycles. The minimum atomic E-state index is -0.268. The highest BCUT2D eigenvalue weighted by Gasteiger charge is 2.08. The van der Waals surface area contributed by atoms with Crippen LogP contribution in [0.4, 0.5) is 0 Å². The smallest absolute Gasteiger partial charge is 0.283 e. The fourth-order valence-electron chi connectivity index (χ4n) is 1.19. The molecule has 0 atom stereocenters. The van der Waals surface area contributed by atoms with Crippen LogP contribution in [0.1, 0.15) is 5.82 Å². The van der Waals surface area contributed by atoms with Gasteiger partial charge in [0.1, 0.15) is 11.2 Å². The van der Waals surface area contributed by atoms with Crippen LogP contribution in [-0.2, 0) is 7.05 Å². The van der Waals surface area contributed by atoms with E-state index in [1.807, 2.05) is 0 Å². The van der Waals surface area contributed by atoms with Crippen molar-refractivity contribution in [3.05, 3.63) is 22.4 Å². The number of nitrogen functional groups attached to an aromatic ring is 1. The zero-order valence-electron chi connectivity index (χ0n) is 7.35. The molecule has 6 heteroatoms. The van der Waals surface area contributed by atoms with E-state index in [0.29, 0.717) is 16.9 Å². The van der Waals surface area contributed by atoms with Crippen molar-refractivity contribution >= 4 is 11.0 Å². The molecule has 0 fully saturated rings. The molecule has 6 nitrogen and oxygen atoms in total. The topological polar surface area (TPSA) is 78.7 Å². The summed E-state index contributed by atoms with van der Waals surface area (Å²) in [5.74, 6) is 5.92. The molecule has 2 aromatic heterocycles. The summed E-state index contributed by atoms with van der Waals surface area (Å²) in [6.07, 6.45) is 1.60. The van der Waals surface area contributed by atoms with E-state index in [1.54, 1.807) is 24.9 Å². The fourth-order valence-corrected chi connectivity index (χ4v) is 1.19. The Morgan fingerprint density at radius 1 is 1.54 bits per heavy atom. The van der Waals surface area contributed by atoms with Crippen LogP contribution < -0.4 is 11.4 Å². The Balaban J connectivity index is 3.01. The van der Waals surface area contributed by atoms with E-state index in [1.165, 1.54) is 0 Å². The van der Waals surface area contributed by atoms with Crippen molar-refractivity contribution in [3.8, 4) is 0 Å². The van der Waals surface area contributed by atoms with Crippen molar-refractivity contribution in [2.24, 2.45) is 7.05 Å². The highest BCUT2D eigenvalue weighted by Crippen LogP contribution is 2.02. The molecular weight excluding hydrogens is 170 g/mol. The predicted molar refractivity (Wildman–Crippen MR) is 47.7 cm³/mol. The summed E-state index contributed by atoms with van der Waals surface area (Å²) in [7, 11) is 1.73. The van der Waals surface area contributed by atoms with Crippen molar-refractivity contribution in [1.29, 1.82) is 0 Å². The Kier molecular flexibility index (Phi) is 1.39. The van der Waals surface area contributed by atoms with Gasteiger partial charge in [0.15, 0.2) is 5.65 Å². The minimum Gasteiger partial charge on any atom is -0.335 e. The van der Waals surface area contributed by atoms with E-state index in [4.69, 9.17) is 5.84 Å². The molecule has 2 N–H and O–H groups in total. The Bertz CT molecular complexity index is 523. The largest absolute Gasteiger partial charge is 0.335 e. The zero-order valence-corrected chi connectivity index (χ0v) is 7.35. The van der Waals surface area contributed by atoms with Gasteiger partial charge in [-0.15, -0.1) is 0 Å². The van der Waals surface area contributed by atoms with Crippen LogP contribution in [0.3, 0.4) is 0 Å². The van der Waals surface area contributed by atoms with Crippen LogP contribution in [0.5, 0.6) is 0 Å². The number of hydrogen-bond donors (Lipinski definition) is 1. The molecule has 0 radical (unpaired) electrons. The summed E-state index contributed by atoms with van der Waals surface area (Å²) >= 11 is 0. The quantitative estimate of drug-likeness (QED) is 0.534. The lowest BCUT2D eigenvalue weighted by Gasteiger charge is -1.99. The molecular formula is C7H9N5O. The van der Waals surface area contributed by atoms with Gasteiger partial charge in [-0.2, -0.15) is 5.10 Å². The third kappa shape index (κ3) is 0.986. The number of hydrogen-bond acceptors (Lipinski definition) is 4. The van der Waals surface area contributed by atoms with E-state index >= 15 is 0 Å². The first kappa shape index (κ1) is 7.78. The van der Waals surface area contributed by atoms with Crippen LogP contribution >= 0.6 is 0 Å². The molecule has 0 aliphatic rings. The van der Waals surface area contributed by atoms with Crippen LogP contribution in [-0.4, -0.2) is 19.4 Å². The molecule has 0 aliphatic carbocycles. The summed E-state index contributed by atoms with van der Waals surface area (Å²) in [4.78, 5) is 15.6.